The largest absolute Gasteiger partial charge is 0.399 e. The van der Waals surface area contributed by atoms with Gasteiger partial charge in [0.05, 0.1) is 0 Å². The molecule has 0 aromatic carbocycles. The minimum Gasteiger partial charge on any atom is -0.399 e. The van der Waals surface area contributed by atoms with Crippen LogP contribution in [-0.2, 0) is 0 Å². The quantitative estimate of drug-likeness (QED) is 0.477. The molecule has 0 aliphatic carbocycles. The van der Waals surface area contributed by atoms with Crippen LogP contribution in [0.1, 0.15) is 0 Å². The lowest BCUT2D eigenvalue weighted by Gasteiger charge is -1.81. The molecule has 0 heterocycles. The van der Waals surface area contributed by atoms with E-state index in [0.717, 1.165) is 0 Å². The lowest BCUT2D eigenvalue weighted by atomic mass is 10.4. The summed E-state index contributed by atoms with van der Waals surface area (Å²) in [6.07, 6.45) is 3.43. The fourth-order valence-corrected chi connectivity index (χ4v) is 0.219. The highest BCUT2D eigenvalue weighted by atomic mass is 14.5. The van der Waals surface area contributed by atoms with Gasteiger partial charge in [0.2, 0.25) is 0 Å². The van der Waals surface area contributed by atoms with E-state index in [9.17, 15) is 0 Å². The van der Waals surface area contributed by atoms with Gasteiger partial charge in [-0.3, -0.25) is 0 Å². The Balaban J connectivity index is 3.26. The van der Waals surface area contributed by atoms with E-state index in [0.29, 0.717) is 12.2 Å². The van der Waals surface area contributed by atoms with Crippen molar-refractivity contribution in [3.05, 3.63) is 24.4 Å². The van der Waals surface area contributed by atoms with E-state index < -0.39 is 0 Å². The Morgan fingerprint density at radius 3 is 2.43 bits per heavy atom. The molecular weight excluding hydrogens is 88.1 g/mol. The first-order valence-corrected chi connectivity index (χ1v) is 2.08. The van der Waals surface area contributed by atoms with Crippen molar-refractivity contribution in [1.29, 1.82) is 0 Å². The number of nitrogens with two attached hydrogens (primary N) is 2. The van der Waals surface area contributed by atoms with Crippen molar-refractivity contribution in [3.63, 3.8) is 0 Å². The second-order valence-electron chi connectivity index (χ2n) is 1.21. The zero-order chi connectivity index (χ0) is 5.70. The summed E-state index contributed by atoms with van der Waals surface area (Å²) in [6, 6.07) is 0. The van der Waals surface area contributed by atoms with Gasteiger partial charge in [-0.05, 0) is 6.08 Å². The molecule has 2 heteroatoms. The fraction of sp³-hybridized carbons (Fsp3) is 0.200. The van der Waals surface area contributed by atoms with Crippen molar-refractivity contribution in [3.8, 4) is 0 Å². The Hall–Kier alpha value is -0.760. The van der Waals surface area contributed by atoms with E-state index in [1.54, 1.807) is 12.2 Å². The first-order valence-electron chi connectivity index (χ1n) is 2.08. The van der Waals surface area contributed by atoms with Crippen LogP contribution in [0, 0.1) is 0 Å². The molecule has 0 atom stereocenters. The second-order valence-corrected chi connectivity index (χ2v) is 1.21. The van der Waals surface area contributed by atoms with Gasteiger partial charge in [-0.1, -0.05) is 12.7 Å². The molecule has 7 heavy (non-hydrogen) atoms. The Morgan fingerprint density at radius 2 is 2.29 bits per heavy atom. The molecule has 0 saturated carbocycles. The standard InChI is InChI=1S/C5H10N2/c1-5(7)3-2-4-6/h2-3H,1,4,6-7H2. The molecule has 0 aliphatic rings. The van der Waals surface area contributed by atoms with Gasteiger partial charge in [-0.2, -0.15) is 0 Å². The third kappa shape index (κ3) is 5.24. The average molecular weight is 98.1 g/mol. The highest BCUT2D eigenvalue weighted by Gasteiger charge is 1.67. The molecule has 0 rings (SSSR count). The Morgan fingerprint density at radius 1 is 1.71 bits per heavy atom. The normalized spacial score (nSPS) is 9.86. The van der Waals surface area contributed by atoms with Crippen LogP contribution in [0.3, 0.4) is 0 Å². The summed E-state index contributed by atoms with van der Waals surface area (Å²) in [5.41, 5.74) is 10.8. The molecule has 0 aliphatic heterocycles. The SMILES string of the molecule is C=C(N)C=CCN. The zero-order valence-electron chi connectivity index (χ0n) is 4.22. The molecule has 0 amide bonds. The maximum atomic E-state index is 5.14. The summed E-state index contributed by atoms with van der Waals surface area (Å²) < 4.78 is 0. The third-order valence-corrected chi connectivity index (χ3v) is 0.468. The summed E-state index contributed by atoms with van der Waals surface area (Å²) >= 11 is 0. The van der Waals surface area contributed by atoms with Crippen LogP contribution in [0.5, 0.6) is 0 Å². The van der Waals surface area contributed by atoms with Crippen molar-refractivity contribution in [2.75, 3.05) is 6.54 Å². The Kier molecular flexibility index (Phi) is 3.06. The van der Waals surface area contributed by atoms with E-state index in [2.05, 4.69) is 6.58 Å². The molecule has 2 nitrogen and oxygen atoms in total. The summed E-state index contributed by atoms with van der Waals surface area (Å²) in [5, 5.41) is 0. The third-order valence-electron chi connectivity index (χ3n) is 0.468. The maximum Gasteiger partial charge on any atom is 0.0238 e. The predicted molar refractivity (Wildman–Crippen MR) is 31.5 cm³/mol. The van der Waals surface area contributed by atoms with Gasteiger partial charge in [-0.15, -0.1) is 0 Å². The highest BCUT2D eigenvalue weighted by Crippen LogP contribution is 1.76. The molecule has 0 unspecified atom stereocenters. The van der Waals surface area contributed by atoms with Crippen molar-refractivity contribution in [2.45, 2.75) is 0 Å². The maximum absolute atomic E-state index is 5.14. The minimum absolute atomic E-state index is 0.524. The van der Waals surface area contributed by atoms with Gasteiger partial charge in [0.1, 0.15) is 0 Å². The van der Waals surface area contributed by atoms with Crippen LogP contribution in [0.25, 0.3) is 0 Å². The van der Waals surface area contributed by atoms with Gasteiger partial charge in [0.25, 0.3) is 0 Å². The van der Waals surface area contributed by atoms with E-state index >= 15 is 0 Å². The van der Waals surface area contributed by atoms with Crippen LogP contribution in [-0.4, -0.2) is 6.54 Å². The van der Waals surface area contributed by atoms with Crippen LogP contribution < -0.4 is 11.5 Å². The molecule has 4 N–H and O–H groups in total. The Labute approximate surface area is 43.5 Å². The second kappa shape index (κ2) is 3.43. The van der Waals surface area contributed by atoms with Gasteiger partial charge in [0, 0.05) is 12.2 Å². The van der Waals surface area contributed by atoms with Gasteiger partial charge >= 0.3 is 0 Å². The smallest absolute Gasteiger partial charge is 0.0238 e. The number of hydrogen-bond acceptors (Lipinski definition) is 2. The minimum atomic E-state index is 0.524. The first kappa shape index (κ1) is 6.24. The Bertz CT molecular complexity index is 84.1. The van der Waals surface area contributed by atoms with Crippen molar-refractivity contribution in [1.82, 2.24) is 0 Å². The van der Waals surface area contributed by atoms with Crippen LogP contribution >= 0.6 is 0 Å². The van der Waals surface area contributed by atoms with Gasteiger partial charge < -0.3 is 11.5 Å². The fourth-order valence-electron chi connectivity index (χ4n) is 0.219. The molecule has 0 saturated heterocycles. The molecule has 0 radical (unpaired) electrons. The number of hydrogen-bond donors (Lipinski definition) is 2. The molecular formula is C5H10N2. The van der Waals surface area contributed by atoms with Crippen molar-refractivity contribution < 1.29 is 0 Å². The first-order chi connectivity index (χ1) is 3.27. The molecule has 40 valence electrons. The van der Waals surface area contributed by atoms with Gasteiger partial charge in [0.15, 0.2) is 0 Å². The molecule has 0 bridgehead atoms. The molecule has 0 fully saturated rings. The average Bonchev–Trinajstić information content (AvgIpc) is 1.61. The van der Waals surface area contributed by atoms with Gasteiger partial charge in [-0.25, -0.2) is 0 Å². The van der Waals surface area contributed by atoms with Crippen LogP contribution in [0.15, 0.2) is 24.4 Å². The summed E-state index contributed by atoms with van der Waals surface area (Å²) in [4.78, 5) is 0. The van der Waals surface area contributed by atoms with Crippen LogP contribution in [0.2, 0.25) is 0 Å². The predicted octanol–water partition coefficient (Wildman–Crippen LogP) is -0.0263. The summed E-state index contributed by atoms with van der Waals surface area (Å²) in [6.45, 7) is 3.95. The van der Waals surface area contributed by atoms with Crippen LogP contribution in [0.4, 0.5) is 0 Å². The molecule has 0 spiro atoms. The number of allylic oxidation sites excluding steroid dienone is 1. The van der Waals surface area contributed by atoms with E-state index in [1.807, 2.05) is 0 Å². The highest BCUT2D eigenvalue weighted by molar-refractivity contribution is 5.09. The lowest BCUT2D eigenvalue weighted by molar-refractivity contribution is 1.24. The van der Waals surface area contributed by atoms with E-state index in [-0.39, 0.29) is 0 Å². The number of rotatable bonds is 2. The summed E-state index contributed by atoms with van der Waals surface area (Å²) in [7, 11) is 0. The summed E-state index contributed by atoms with van der Waals surface area (Å²) in [5.74, 6) is 0. The topological polar surface area (TPSA) is 52.0 Å². The van der Waals surface area contributed by atoms with Crippen molar-refractivity contribution >= 4 is 0 Å². The zero-order valence-corrected chi connectivity index (χ0v) is 4.22. The van der Waals surface area contributed by atoms with E-state index in [4.69, 9.17) is 11.5 Å². The molecule has 0 aromatic heterocycles. The molecule has 0 aromatic rings. The van der Waals surface area contributed by atoms with Crippen molar-refractivity contribution in [2.24, 2.45) is 11.5 Å². The van der Waals surface area contributed by atoms with E-state index in [1.165, 1.54) is 0 Å². The monoisotopic (exact) mass is 98.1 g/mol. The lowest BCUT2D eigenvalue weighted by Crippen LogP contribution is -1.95.